The molecule has 1 fully saturated rings. The van der Waals surface area contributed by atoms with Crippen LogP contribution in [0.25, 0.3) is 5.57 Å². The summed E-state index contributed by atoms with van der Waals surface area (Å²) in [6, 6.07) is 18.8. The molecule has 2 aliphatic heterocycles. The highest BCUT2D eigenvalue weighted by Gasteiger charge is 2.40. The molecule has 1 saturated heterocycles. The second-order valence-corrected chi connectivity index (χ2v) is 8.91. The molecule has 2 amide bonds. The summed E-state index contributed by atoms with van der Waals surface area (Å²) in [5.41, 5.74) is 3.10. The SMILES string of the molecule is CCOc1ccc(NC2=C(c3cccs3)C(=O)N(c3ccc(N4CCCC4)cc3)C2=O)cc1. The second-order valence-electron chi connectivity index (χ2n) is 7.97. The van der Waals surface area contributed by atoms with Crippen LogP contribution in [0.3, 0.4) is 0 Å². The fraction of sp³-hybridized carbons (Fsp3) is 0.231. The summed E-state index contributed by atoms with van der Waals surface area (Å²) < 4.78 is 5.50. The Morgan fingerprint density at radius 1 is 0.909 bits per heavy atom. The van der Waals surface area contributed by atoms with Gasteiger partial charge >= 0.3 is 0 Å². The molecule has 1 N–H and O–H groups in total. The molecule has 6 nitrogen and oxygen atoms in total. The number of thiophene rings is 1. The van der Waals surface area contributed by atoms with Crippen molar-refractivity contribution in [2.24, 2.45) is 0 Å². The number of carbonyl (C=O) groups is 2. The maximum atomic E-state index is 13.5. The van der Waals surface area contributed by atoms with Crippen molar-refractivity contribution in [1.29, 1.82) is 0 Å². The van der Waals surface area contributed by atoms with Crippen LogP contribution in [0.15, 0.2) is 71.7 Å². The molecule has 0 bridgehead atoms. The topological polar surface area (TPSA) is 61.9 Å². The van der Waals surface area contributed by atoms with Gasteiger partial charge in [0.25, 0.3) is 11.8 Å². The summed E-state index contributed by atoms with van der Waals surface area (Å²) in [7, 11) is 0. The maximum Gasteiger partial charge on any atom is 0.282 e. The molecule has 0 aliphatic carbocycles. The smallest absolute Gasteiger partial charge is 0.282 e. The molecule has 5 rings (SSSR count). The van der Waals surface area contributed by atoms with Crippen molar-refractivity contribution < 1.29 is 14.3 Å². The first kappa shape index (κ1) is 21.3. The van der Waals surface area contributed by atoms with Gasteiger partial charge in [-0.3, -0.25) is 9.59 Å². The van der Waals surface area contributed by atoms with Crippen LogP contribution in [-0.2, 0) is 9.59 Å². The molecule has 2 aliphatic rings. The van der Waals surface area contributed by atoms with Gasteiger partial charge < -0.3 is 15.0 Å². The first-order valence-corrected chi connectivity index (χ1v) is 12.1. The van der Waals surface area contributed by atoms with Gasteiger partial charge in [0, 0.05) is 29.3 Å². The lowest BCUT2D eigenvalue weighted by Gasteiger charge is -2.20. The van der Waals surface area contributed by atoms with E-state index in [2.05, 4.69) is 10.2 Å². The molecule has 33 heavy (non-hydrogen) atoms. The predicted octanol–water partition coefficient (Wildman–Crippen LogP) is 5.14. The highest BCUT2D eigenvalue weighted by atomic mass is 32.1. The lowest BCUT2D eigenvalue weighted by Crippen LogP contribution is -2.32. The zero-order valence-electron chi connectivity index (χ0n) is 18.4. The minimum atomic E-state index is -0.355. The Morgan fingerprint density at radius 3 is 2.24 bits per heavy atom. The molecule has 2 aromatic carbocycles. The Kier molecular flexibility index (Phi) is 5.88. The number of amides is 2. The summed E-state index contributed by atoms with van der Waals surface area (Å²) in [5.74, 6) is 0.0834. The maximum absolute atomic E-state index is 13.5. The van der Waals surface area contributed by atoms with Crippen molar-refractivity contribution in [3.8, 4) is 5.75 Å². The van der Waals surface area contributed by atoms with E-state index < -0.39 is 0 Å². The van der Waals surface area contributed by atoms with E-state index >= 15 is 0 Å². The van der Waals surface area contributed by atoms with Crippen LogP contribution in [0.4, 0.5) is 17.1 Å². The van der Waals surface area contributed by atoms with Gasteiger partial charge in [0.1, 0.15) is 11.4 Å². The first-order chi connectivity index (χ1) is 16.2. The third-order valence-electron chi connectivity index (χ3n) is 5.87. The van der Waals surface area contributed by atoms with Crippen LogP contribution < -0.4 is 19.9 Å². The number of nitrogens with one attached hydrogen (secondary N) is 1. The lowest BCUT2D eigenvalue weighted by atomic mass is 10.2. The van der Waals surface area contributed by atoms with Gasteiger partial charge in [-0.2, -0.15) is 0 Å². The average molecular weight is 460 g/mol. The Balaban J connectivity index is 1.45. The Bertz CT molecular complexity index is 1180. The van der Waals surface area contributed by atoms with Crippen LogP contribution in [0, 0.1) is 0 Å². The molecular weight excluding hydrogens is 434 g/mol. The van der Waals surface area contributed by atoms with Crippen molar-refractivity contribution in [2.75, 3.05) is 34.8 Å². The fourth-order valence-electron chi connectivity index (χ4n) is 4.26. The minimum Gasteiger partial charge on any atom is -0.494 e. The van der Waals surface area contributed by atoms with Crippen molar-refractivity contribution >= 4 is 45.8 Å². The number of imide groups is 1. The summed E-state index contributed by atoms with van der Waals surface area (Å²) in [4.78, 5) is 31.3. The van der Waals surface area contributed by atoms with Crippen molar-refractivity contribution in [2.45, 2.75) is 19.8 Å². The number of rotatable bonds is 7. The number of nitrogens with zero attached hydrogens (tertiary/aromatic N) is 2. The number of hydrogen-bond donors (Lipinski definition) is 1. The van der Waals surface area contributed by atoms with Gasteiger partial charge in [-0.25, -0.2) is 4.90 Å². The molecular formula is C26H25N3O3S. The third kappa shape index (κ3) is 4.12. The van der Waals surface area contributed by atoms with Gasteiger partial charge in [0.15, 0.2) is 0 Å². The van der Waals surface area contributed by atoms with Crippen LogP contribution in [-0.4, -0.2) is 31.5 Å². The van der Waals surface area contributed by atoms with E-state index in [9.17, 15) is 9.59 Å². The van der Waals surface area contributed by atoms with Crippen LogP contribution in [0.5, 0.6) is 5.75 Å². The number of ether oxygens (including phenoxy) is 1. The molecule has 7 heteroatoms. The standard InChI is InChI=1S/C26H25N3O3S/c1-2-32-21-13-7-18(8-14-21)27-24-23(22-6-5-17-33-22)25(30)29(26(24)31)20-11-9-19(10-12-20)28-15-3-4-16-28/h5-14,17,27H,2-4,15-16H2,1H3. The van der Waals surface area contributed by atoms with E-state index in [4.69, 9.17) is 4.74 Å². The number of anilines is 3. The molecule has 0 spiro atoms. The second kappa shape index (κ2) is 9.11. The van der Waals surface area contributed by atoms with E-state index in [0.717, 1.165) is 35.1 Å². The molecule has 0 unspecified atom stereocenters. The van der Waals surface area contributed by atoms with Crippen molar-refractivity contribution in [3.05, 3.63) is 76.6 Å². The fourth-order valence-corrected chi connectivity index (χ4v) is 5.03. The zero-order chi connectivity index (χ0) is 22.8. The Hall–Kier alpha value is -3.58. The van der Waals surface area contributed by atoms with Gasteiger partial charge in [0.05, 0.1) is 17.9 Å². The van der Waals surface area contributed by atoms with Gasteiger partial charge in [-0.15, -0.1) is 11.3 Å². The van der Waals surface area contributed by atoms with Crippen molar-refractivity contribution in [3.63, 3.8) is 0 Å². The molecule has 0 radical (unpaired) electrons. The Labute approximate surface area is 197 Å². The zero-order valence-corrected chi connectivity index (χ0v) is 19.2. The number of benzene rings is 2. The molecule has 3 heterocycles. The third-order valence-corrected chi connectivity index (χ3v) is 6.75. The molecule has 1 aromatic heterocycles. The molecule has 3 aromatic rings. The van der Waals surface area contributed by atoms with Crippen LogP contribution in [0.2, 0.25) is 0 Å². The van der Waals surface area contributed by atoms with E-state index in [1.54, 1.807) is 0 Å². The molecule has 168 valence electrons. The summed E-state index contributed by atoms with van der Waals surface area (Å²) in [6.45, 7) is 4.60. The molecule has 0 atom stereocenters. The van der Waals surface area contributed by atoms with E-state index in [1.165, 1.54) is 29.1 Å². The van der Waals surface area contributed by atoms with Crippen LogP contribution in [0.1, 0.15) is 24.6 Å². The first-order valence-electron chi connectivity index (χ1n) is 11.2. The van der Waals surface area contributed by atoms with E-state index in [0.29, 0.717) is 17.9 Å². The summed E-state index contributed by atoms with van der Waals surface area (Å²) in [6.07, 6.45) is 2.39. The van der Waals surface area contributed by atoms with Crippen molar-refractivity contribution in [1.82, 2.24) is 0 Å². The number of hydrogen-bond acceptors (Lipinski definition) is 6. The van der Waals surface area contributed by atoms with E-state index in [1.807, 2.05) is 73.0 Å². The normalized spacial score (nSPS) is 16.2. The summed E-state index contributed by atoms with van der Waals surface area (Å²) >= 11 is 1.44. The van der Waals surface area contributed by atoms with E-state index in [-0.39, 0.29) is 17.5 Å². The largest absolute Gasteiger partial charge is 0.494 e. The molecule has 0 saturated carbocycles. The van der Waals surface area contributed by atoms with Crippen LogP contribution >= 0.6 is 11.3 Å². The van der Waals surface area contributed by atoms with Gasteiger partial charge in [-0.05, 0) is 79.7 Å². The average Bonchev–Trinajstić information content (AvgIpc) is 3.59. The quantitative estimate of drug-likeness (QED) is 0.496. The minimum absolute atomic E-state index is 0.287. The van der Waals surface area contributed by atoms with Gasteiger partial charge in [0.2, 0.25) is 0 Å². The number of carbonyl (C=O) groups excluding carboxylic acids is 2. The predicted molar refractivity (Wildman–Crippen MR) is 133 cm³/mol. The van der Waals surface area contributed by atoms with Gasteiger partial charge in [-0.1, -0.05) is 6.07 Å². The monoisotopic (exact) mass is 459 g/mol. The highest BCUT2D eigenvalue weighted by Crippen LogP contribution is 2.36. The lowest BCUT2D eigenvalue weighted by molar-refractivity contribution is -0.120. The summed E-state index contributed by atoms with van der Waals surface area (Å²) in [5, 5.41) is 5.10. The Morgan fingerprint density at radius 2 is 1.61 bits per heavy atom. The highest BCUT2D eigenvalue weighted by molar-refractivity contribution is 7.11.